The van der Waals surface area contributed by atoms with Gasteiger partial charge in [0.05, 0.1) is 5.70 Å². The van der Waals surface area contributed by atoms with Crippen molar-refractivity contribution >= 4 is 0 Å². The summed E-state index contributed by atoms with van der Waals surface area (Å²) in [6.07, 6.45) is 5.88. The van der Waals surface area contributed by atoms with Crippen LogP contribution >= 0.6 is 0 Å². The molecule has 17 heavy (non-hydrogen) atoms. The fourth-order valence-electron chi connectivity index (χ4n) is 1.25. The van der Waals surface area contributed by atoms with Crippen molar-refractivity contribution in [1.29, 1.82) is 0 Å². The quantitative estimate of drug-likeness (QED) is 0.737. The first-order valence-electron chi connectivity index (χ1n) is 5.67. The summed E-state index contributed by atoms with van der Waals surface area (Å²) in [7, 11) is 0. The summed E-state index contributed by atoms with van der Waals surface area (Å²) in [6.45, 7) is 11.4. The van der Waals surface area contributed by atoms with Gasteiger partial charge in [-0.2, -0.15) is 0 Å². The minimum absolute atomic E-state index is 0.105. The molecule has 0 bridgehead atoms. The minimum atomic E-state index is -0.105. The summed E-state index contributed by atoms with van der Waals surface area (Å²) in [6, 6.07) is 0. The van der Waals surface area contributed by atoms with E-state index in [1.54, 1.807) is 12.2 Å². The predicted molar refractivity (Wildman–Crippen MR) is 72.6 cm³/mol. The Morgan fingerprint density at radius 3 is 2.24 bits per heavy atom. The molecule has 0 aromatic heterocycles. The van der Waals surface area contributed by atoms with E-state index in [0.717, 1.165) is 11.1 Å². The highest BCUT2D eigenvalue weighted by Gasteiger charge is 2.07. The normalized spacial score (nSPS) is 15.1. The van der Waals surface area contributed by atoms with Crippen LogP contribution in [-0.4, -0.2) is 0 Å². The first kappa shape index (κ1) is 15.2. The van der Waals surface area contributed by atoms with Gasteiger partial charge in [0.1, 0.15) is 5.83 Å². The maximum absolute atomic E-state index is 12.7. The zero-order valence-electron chi connectivity index (χ0n) is 10.6. The Morgan fingerprint density at radius 2 is 1.82 bits per heavy atom. The average Bonchev–Trinajstić information content (AvgIpc) is 2.32. The fourth-order valence-corrected chi connectivity index (χ4v) is 1.25. The van der Waals surface area contributed by atoms with E-state index >= 15 is 0 Å². The van der Waals surface area contributed by atoms with Crippen molar-refractivity contribution in [2.75, 3.05) is 0 Å². The third-order valence-corrected chi connectivity index (χ3v) is 2.21. The van der Waals surface area contributed by atoms with E-state index in [1.807, 2.05) is 13.8 Å². The fraction of sp³-hybridized carbons (Fsp3) is 0.286. The predicted octanol–water partition coefficient (Wildman–Crippen LogP) is 3.46. The third kappa shape index (κ3) is 5.20. The second-order valence-corrected chi connectivity index (χ2v) is 3.46. The van der Waals surface area contributed by atoms with Crippen molar-refractivity contribution in [3.8, 4) is 0 Å². The third-order valence-electron chi connectivity index (χ3n) is 2.21. The van der Waals surface area contributed by atoms with Crippen molar-refractivity contribution in [3.63, 3.8) is 0 Å². The Balaban J connectivity index is 0.00000121. The van der Waals surface area contributed by atoms with Crippen LogP contribution in [0.2, 0.25) is 0 Å². The SMILES string of the molecule is C=C(/C=C(/N)C(=C)N)C1=CC=C(F)CC1.CC. The van der Waals surface area contributed by atoms with Crippen LogP contribution in [0.5, 0.6) is 0 Å². The lowest BCUT2D eigenvalue weighted by Gasteiger charge is -2.11. The highest BCUT2D eigenvalue weighted by atomic mass is 19.1. The molecule has 94 valence electrons. The van der Waals surface area contributed by atoms with Crippen molar-refractivity contribution in [2.45, 2.75) is 26.7 Å². The van der Waals surface area contributed by atoms with E-state index < -0.39 is 0 Å². The molecule has 3 heteroatoms. The molecule has 0 saturated heterocycles. The van der Waals surface area contributed by atoms with Gasteiger partial charge < -0.3 is 11.5 Å². The molecule has 0 spiro atoms. The number of halogens is 1. The van der Waals surface area contributed by atoms with Crippen molar-refractivity contribution in [1.82, 2.24) is 0 Å². The summed E-state index contributed by atoms with van der Waals surface area (Å²) in [5, 5.41) is 0. The molecule has 0 fully saturated rings. The lowest BCUT2D eigenvalue weighted by atomic mass is 9.97. The summed E-state index contributed by atoms with van der Waals surface area (Å²) >= 11 is 0. The number of hydrogen-bond acceptors (Lipinski definition) is 2. The van der Waals surface area contributed by atoms with Crippen LogP contribution in [0.25, 0.3) is 0 Å². The van der Waals surface area contributed by atoms with Gasteiger partial charge in [-0.25, -0.2) is 4.39 Å². The number of rotatable bonds is 3. The molecular formula is C14H21FN2. The second-order valence-electron chi connectivity index (χ2n) is 3.46. The van der Waals surface area contributed by atoms with Crippen LogP contribution in [0.15, 0.2) is 59.8 Å². The highest BCUT2D eigenvalue weighted by Crippen LogP contribution is 2.24. The molecule has 0 amide bonds. The molecule has 1 aliphatic carbocycles. The molecular weight excluding hydrogens is 215 g/mol. The lowest BCUT2D eigenvalue weighted by Crippen LogP contribution is -2.08. The number of hydrogen-bond donors (Lipinski definition) is 2. The summed E-state index contributed by atoms with van der Waals surface area (Å²) in [4.78, 5) is 0. The topological polar surface area (TPSA) is 52.0 Å². The molecule has 1 aliphatic rings. The van der Waals surface area contributed by atoms with Gasteiger partial charge in [-0.15, -0.1) is 0 Å². The van der Waals surface area contributed by atoms with E-state index in [1.165, 1.54) is 6.08 Å². The van der Waals surface area contributed by atoms with Gasteiger partial charge in [-0.05, 0) is 29.7 Å². The van der Waals surface area contributed by atoms with Crippen LogP contribution in [0, 0.1) is 0 Å². The minimum Gasteiger partial charge on any atom is -0.398 e. The smallest absolute Gasteiger partial charge is 0.100 e. The van der Waals surface area contributed by atoms with Crippen molar-refractivity contribution < 1.29 is 4.39 Å². The molecule has 0 aliphatic heterocycles. The zero-order valence-corrected chi connectivity index (χ0v) is 10.6. The molecule has 0 heterocycles. The highest BCUT2D eigenvalue weighted by molar-refractivity contribution is 5.45. The Morgan fingerprint density at radius 1 is 1.24 bits per heavy atom. The monoisotopic (exact) mass is 236 g/mol. The van der Waals surface area contributed by atoms with Gasteiger partial charge in [0.15, 0.2) is 0 Å². The van der Waals surface area contributed by atoms with Crippen LogP contribution < -0.4 is 11.5 Å². The first-order chi connectivity index (χ1) is 8.00. The second kappa shape index (κ2) is 7.49. The van der Waals surface area contributed by atoms with E-state index in [0.29, 0.717) is 24.2 Å². The van der Waals surface area contributed by atoms with Crippen molar-refractivity contribution in [2.24, 2.45) is 11.5 Å². The maximum Gasteiger partial charge on any atom is 0.100 e. The zero-order chi connectivity index (χ0) is 13.4. The Hall–Kier alpha value is -1.77. The van der Waals surface area contributed by atoms with Crippen LogP contribution in [0.1, 0.15) is 26.7 Å². The number of nitrogens with two attached hydrogens (primary N) is 2. The molecule has 0 saturated carbocycles. The van der Waals surface area contributed by atoms with Gasteiger partial charge in [-0.1, -0.05) is 33.1 Å². The van der Waals surface area contributed by atoms with Crippen LogP contribution in [-0.2, 0) is 0 Å². The van der Waals surface area contributed by atoms with Gasteiger partial charge in [0.25, 0.3) is 0 Å². The molecule has 0 unspecified atom stereocenters. The van der Waals surface area contributed by atoms with Gasteiger partial charge in [0.2, 0.25) is 0 Å². The van der Waals surface area contributed by atoms with Gasteiger partial charge in [0, 0.05) is 12.1 Å². The van der Waals surface area contributed by atoms with Gasteiger partial charge >= 0.3 is 0 Å². The van der Waals surface area contributed by atoms with E-state index in [2.05, 4.69) is 13.2 Å². The summed E-state index contributed by atoms with van der Waals surface area (Å²) in [5.74, 6) is -0.105. The average molecular weight is 236 g/mol. The lowest BCUT2D eigenvalue weighted by molar-refractivity contribution is 0.583. The Kier molecular flexibility index (Phi) is 6.71. The van der Waals surface area contributed by atoms with Crippen molar-refractivity contribution in [3.05, 3.63) is 59.8 Å². The molecule has 0 radical (unpaired) electrons. The summed E-state index contributed by atoms with van der Waals surface area (Å²) < 4.78 is 12.7. The van der Waals surface area contributed by atoms with E-state index in [-0.39, 0.29) is 5.83 Å². The standard InChI is InChI=1S/C12H15FN2.C2H6/c1-8(7-12(15)9(2)14)10-3-5-11(13)6-4-10;1-2/h3,5,7H,1-2,4,6,14-15H2;1-2H3/b12-7+;. The molecule has 0 aromatic rings. The molecule has 4 N–H and O–H groups in total. The number of allylic oxidation sites excluding steroid dienone is 6. The molecule has 2 nitrogen and oxygen atoms in total. The van der Waals surface area contributed by atoms with E-state index in [9.17, 15) is 4.39 Å². The summed E-state index contributed by atoms with van der Waals surface area (Å²) in [5.41, 5.74) is 13.5. The van der Waals surface area contributed by atoms with Crippen LogP contribution in [0.3, 0.4) is 0 Å². The van der Waals surface area contributed by atoms with E-state index in [4.69, 9.17) is 11.5 Å². The molecule has 1 rings (SSSR count). The van der Waals surface area contributed by atoms with Gasteiger partial charge in [-0.3, -0.25) is 0 Å². The molecule has 0 atom stereocenters. The Bertz CT molecular complexity index is 387. The largest absolute Gasteiger partial charge is 0.398 e. The maximum atomic E-state index is 12.7. The Labute approximate surface area is 103 Å². The molecule has 0 aromatic carbocycles. The van der Waals surface area contributed by atoms with Crippen LogP contribution in [0.4, 0.5) is 4.39 Å². The first-order valence-corrected chi connectivity index (χ1v) is 5.67.